The van der Waals surface area contributed by atoms with E-state index >= 15 is 0 Å². The van der Waals surface area contributed by atoms with E-state index < -0.39 is 0 Å². The smallest absolute Gasteiger partial charge is 0.271 e. The second kappa shape index (κ2) is 5.76. The molecule has 1 N–H and O–H groups in total. The van der Waals surface area contributed by atoms with Crippen molar-refractivity contribution in [2.75, 3.05) is 5.32 Å². The van der Waals surface area contributed by atoms with Gasteiger partial charge in [-0.1, -0.05) is 6.92 Å². The van der Waals surface area contributed by atoms with Crippen LogP contribution in [0.5, 0.6) is 0 Å². The summed E-state index contributed by atoms with van der Waals surface area (Å²) in [4.78, 5) is 27.4. The van der Waals surface area contributed by atoms with E-state index in [0.29, 0.717) is 10.7 Å². The number of thiophene rings is 1. The Morgan fingerprint density at radius 2 is 1.92 bits per heavy atom. The molecular weight excluding hydrogens is 334 g/mol. The van der Waals surface area contributed by atoms with Gasteiger partial charge >= 0.3 is 0 Å². The Morgan fingerprint density at radius 1 is 1.12 bits per heavy atom. The molecule has 0 atom stereocenters. The lowest BCUT2D eigenvalue weighted by Gasteiger charge is -2.27. The summed E-state index contributed by atoms with van der Waals surface area (Å²) in [7, 11) is 0. The lowest BCUT2D eigenvalue weighted by Crippen LogP contribution is -2.27. The summed E-state index contributed by atoms with van der Waals surface area (Å²) in [6, 6.07) is 0.776. The van der Waals surface area contributed by atoms with Crippen molar-refractivity contribution in [1.82, 2.24) is 19.5 Å². The summed E-state index contributed by atoms with van der Waals surface area (Å²) in [5, 5.41) is 4.35. The molecule has 2 aliphatic carbocycles. The normalized spacial score (nSPS) is 24.0. The van der Waals surface area contributed by atoms with Gasteiger partial charge in [0.15, 0.2) is 0 Å². The average molecular weight is 355 g/mol. The average Bonchev–Trinajstić information content (AvgIpc) is 3.34. The predicted molar refractivity (Wildman–Crippen MR) is 100 cm³/mol. The number of hydrogen-bond acceptors (Lipinski definition) is 6. The SMILES string of the molecule is CC1CCC(n2cnc3c(sc4ncnc(NC5CC5)c43)c2=O)CC1. The highest BCUT2D eigenvalue weighted by Gasteiger charge is 2.25. The number of aromatic nitrogens is 4. The third kappa shape index (κ3) is 2.61. The largest absolute Gasteiger partial charge is 0.367 e. The van der Waals surface area contributed by atoms with Crippen LogP contribution in [0.4, 0.5) is 5.82 Å². The highest BCUT2D eigenvalue weighted by Crippen LogP contribution is 2.36. The summed E-state index contributed by atoms with van der Waals surface area (Å²) in [5.74, 6) is 1.58. The van der Waals surface area contributed by atoms with E-state index in [9.17, 15) is 4.79 Å². The molecule has 0 bridgehead atoms. The van der Waals surface area contributed by atoms with Crippen LogP contribution < -0.4 is 10.9 Å². The number of hydrogen-bond donors (Lipinski definition) is 1. The topological polar surface area (TPSA) is 72.7 Å². The first-order valence-corrected chi connectivity index (χ1v) is 9.93. The van der Waals surface area contributed by atoms with Crippen LogP contribution in [0.2, 0.25) is 0 Å². The number of fused-ring (bicyclic) bond motifs is 3. The highest BCUT2D eigenvalue weighted by molar-refractivity contribution is 7.25. The molecule has 0 aliphatic heterocycles. The predicted octanol–water partition coefficient (Wildman–Crippen LogP) is 3.73. The zero-order valence-corrected chi connectivity index (χ0v) is 15.1. The fourth-order valence-corrected chi connectivity index (χ4v) is 4.82. The fourth-order valence-electron chi connectivity index (χ4n) is 3.79. The third-order valence-electron chi connectivity index (χ3n) is 5.50. The van der Waals surface area contributed by atoms with Crippen molar-refractivity contribution in [3.8, 4) is 0 Å². The molecule has 130 valence electrons. The van der Waals surface area contributed by atoms with E-state index in [1.165, 1.54) is 37.0 Å². The van der Waals surface area contributed by atoms with Crippen LogP contribution >= 0.6 is 11.3 Å². The van der Waals surface area contributed by atoms with Gasteiger partial charge in [0.05, 0.1) is 11.7 Å². The minimum absolute atomic E-state index is 0.0740. The van der Waals surface area contributed by atoms with E-state index in [4.69, 9.17) is 0 Å². The summed E-state index contributed by atoms with van der Waals surface area (Å²) in [6.45, 7) is 2.29. The molecule has 0 radical (unpaired) electrons. The molecule has 2 fully saturated rings. The van der Waals surface area contributed by atoms with E-state index in [1.807, 2.05) is 4.57 Å². The van der Waals surface area contributed by atoms with Gasteiger partial charge in [0.1, 0.15) is 27.2 Å². The van der Waals surface area contributed by atoms with Gasteiger partial charge in [-0.05, 0) is 44.4 Å². The second-order valence-corrected chi connectivity index (χ2v) is 8.47. The molecule has 2 saturated carbocycles. The van der Waals surface area contributed by atoms with Crippen LogP contribution in [0.3, 0.4) is 0 Å². The summed E-state index contributed by atoms with van der Waals surface area (Å²) in [6.07, 6.45) is 10.2. The lowest BCUT2D eigenvalue weighted by molar-refractivity contribution is 0.284. The molecule has 3 aromatic heterocycles. The van der Waals surface area contributed by atoms with E-state index in [1.54, 1.807) is 12.7 Å². The molecule has 25 heavy (non-hydrogen) atoms. The first kappa shape index (κ1) is 15.3. The van der Waals surface area contributed by atoms with Gasteiger partial charge in [0.2, 0.25) is 0 Å². The van der Waals surface area contributed by atoms with Gasteiger partial charge in [-0.15, -0.1) is 11.3 Å². The van der Waals surface area contributed by atoms with Crippen LogP contribution in [0.15, 0.2) is 17.4 Å². The fraction of sp³-hybridized carbons (Fsp3) is 0.556. The van der Waals surface area contributed by atoms with Crippen molar-refractivity contribution in [1.29, 1.82) is 0 Å². The molecular formula is C18H21N5OS. The molecule has 0 aromatic carbocycles. The zero-order chi connectivity index (χ0) is 17.0. The Balaban J connectivity index is 1.63. The molecule has 3 heterocycles. The molecule has 0 unspecified atom stereocenters. The summed E-state index contributed by atoms with van der Waals surface area (Å²) >= 11 is 1.44. The van der Waals surface area contributed by atoms with Gasteiger partial charge in [-0.2, -0.15) is 0 Å². The maximum Gasteiger partial charge on any atom is 0.271 e. The van der Waals surface area contributed by atoms with Crippen LogP contribution in [0, 0.1) is 5.92 Å². The number of nitrogens with one attached hydrogen (secondary N) is 1. The third-order valence-corrected chi connectivity index (χ3v) is 6.58. The van der Waals surface area contributed by atoms with Crippen molar-refractivity contribution in [3.05, 3.63) is 23.0 Å². The quantitative estimate of drug-likeness (QED) is 0.775. The lowest BCUT2D eigenvalue weighted by atomic mass is 9.87. The van der Waals surface area contributed by atoms with E-state index in [2.05, 4.69) is 27.2 Å². The van der Waals surface area contributed by atoms with Crippen molar-refractivity contribution < 1.29 is 0 Å². The zero-order valence-electron chi connectivity index (χ0n) is 14.2. The molecule has 0 saturated heterocycles. The Bertz CT molecular complexity index is 998. The standard InChI is InChI=1S/C18H21N5OS/c1-10-2-6-12(7-3-10)23-9-21-14-13-16(22-11-4-5-11)19-8-20-17(13)25-15(14)18(23)24/h8-12H,2-7H2,1H3,(H,19,20,22). The number of rotatable bonds is 3. The molecule has 3 aromatic rings. The van der Waals surface area contributed by atoms with Gasteiger partial charge in [0.25, 0.3) is 5.56 Å². The van der Waals surface area contributed by atoms with Gasteiger partial charge in [-0.25, -0.2) is 15.0 Å². The maximum atomic E-state index is 13.1. The molecule has 7 heteroatoms. The van der Waals surface area contributed by atoms with Crippen molar-refractivity contribution in [2.24, 2.45) is 5.92 Å². The number of anilines is 1. The summed E-state index contributed by atoms with van der Waals surface area (Å²) < 4.78 is 2.56. The van der Waals surface area contributed by atoms with Crippen LogP contribution in [-0.4, -0.2) is 25.6 Å². The Morgan fingerprint density at radius 3 is 2.68 bits per heavy atom. The monoisotopic (exact) mass is 355 g/mol. The Labute approximate surface area is 149 Å². The van der Waals surface area contributed by atoms with E-state index in [0.717, 1.165) is 40.3 Å². The first-order chi connectivity index (χ1) is 12.2. The van der Waals surface area contributed by atoms with Gasteiger partial charge < -0.3 is 5.32 Å². The Kier molecular flexibility index (Phi) is 3.51. The molecule has 0 spiro atoms. The number of nitrogens with zero attached hydrogens (tertiary/aromatic N) is 4. The van der Waals surface area contributed by atoms with Crippen molar-refractivity contribution in [2.45, 2.75) is 57.5 Å². The second-order valence-electron chi connectivity index (χ2n) is 7.47. The molecule has 0 amide bonds. The van der Waals surface area contributed by atoms with Gasteiger partial charge in [-0.3, -0.25) is 9.36 Å². The minimum Gasteiger partial charge on any atom is -0.367 e. The van der Waals surface area contributed by atoms with Crippen molar-refractivity contribution >= 4 is 37.6 Å². The van der Waals surface area contributed by atoms with E-state index in [-0.39, 0.29) is 11.6 Å². The molecule has 2 aliphatic rings. The maximum absolute atomic E-state index is 13.1. The van der Waals surface area contributed by atoms with Crippen LogP contribution in [-0.2, 0) is 0 Å². The molecule has 5 rings (SSSR count). The first-order valence-electron chi connectivity index (χ1n) is 9.11. The minimum atomic E-state index is 0.0740. The van der Waals surface area contributed by atoms with Crippen molar-refractivity contribution in [3.63, 3.8) is 0 Å². The molecule has 6 nitrogen and oxygen atoms in total. The summed E-state index contributed by atoms with van der Waals surface area (Å²) in [5.41, 5.74) is 0.819. The highest BCUT2D eigenvalue weighted by atomic mass is 32.1. The van der Waals surface area contributed by atoms with Crippen LogP contribution in [0.1, 0.15) is 51.5 Å². The Hall–Kier alpha value is -2.02. The van der Waals surface area contributed by atoms with Crippen LogP contribution in [0.25, 0.3) is 20.4 Å². The van der Waals surface area contributed by atoms with Gasteiger partial charge in [0, 0.05) is 12.1 Å².